The summed E-state index contributed by atoms with van der Waals surface area (Å²) in [4.78, 5) is 44.2. The van der Waals surface area contributed by atoms with Crippen molar-refractivity contribution in [2.45, 2.75) is 53.0 Å². The third-order valence-corrected chi connectivity index (χ3v) is 5.98. The van der Waals surface area contributed by atoms with Crippen molar-refractivity contribution in [3.8, 4) is 0 Å². The van der Waals surface area contributed by atoms with Gasteiger partial charge in [-0.25, -0.2) is 14.6 Å². The molecule has 0 spiro atoms. The predicted molar refractivity (Wildman–Crippen MR) is 102 cm³/mol. The molecule has 8 heteroatoms. The first-order valence-corrected chi connectivity index (χ1v) is 10.1. The predicted octanol–water partition coefficient (Wildman–Crippen LogP) is 2.88. The lowest BCUT2D eigenvalue weighted by Gasteiger charge is -2.19. The minimum atomic E-state index is -0.966. The van der Waals surface area contributed by atoms with Gasteiger partial charge < -0.3 is 9.47 Å². The van der Waals surface area contributed by atoms with Crippen LogP contribution in [0.3, 0.4) is 0 Å². The number of hydrogen-bond acceptors (Lipinski definition) is 7. The third kappa shape index (κ3) is 3.50. The van der Waals surface area contributed by atoms with Gasteiger partial charge in [-0.05, 0) is 51.5 Å². The topological polar surface area (TPSA) is 87.5 Å². The lowest BCUT2D eigenvalue weighted by Crippen LogP contribution is -2.35. The quantitative estimate of drug-likeness (QED) is 0.727. The summed E-state index contributed by atoms with van der Waals surface area (Å²) in [6.07, 6.45) is 2.71. The molecule has 146 valence electrons. The fourth-order valence-corrected chi connectivity index (χ4v) is 4.84. The average molecular weight is 392 g/mol. The molecule has 1 aliphatic rings. The third-order valence-electron chi connectivity index (χ3n) is 4.83. The van der Waals surface area contributed by atoms with Crippen LogP contribution in [-0.2, 0) is 27.1 Å². The number of ether oxygens (including phenoxy) is 2. The molecule has 0 aromatic carbocycles. The molecule has 0 fully saturated rings. The molecule has 0 N–H and O–H groups in total. The van der Waals surface area contributed by atoms with E-state index < -0.39 is 18.0 Å². The van der Waals surface area contributed by atoms with Crippen LogP contribution >= 0.6 is 11.3 Å². The Morgan fingerprint density at radius 3 is 2.67 bits per heavy atom. The summed E-state index contributed by atoms with van der Waals surface area (Å²) < 4.78 is 11.3. The standard InChI is InChI=1S/C19H24N2O5S/c1-5-25-18(23)11(4)21-15(19(24)26-6-2)20-16-14(17(21)22)12-8-7-10(3)9-13(12)27-16/h10-11H,5-9H2,1-4H3/t10-,11+/m0/s1. The number of fused-ring (bicyclic) bond motifs is 3. The highest BCUT2D eigenvalue weighted by Crippen LogP contribution is 2.36. The zero-order chi connectivity index (χ0) is 19.7. The van der Waals surface area contributed by atoms with Gasteiger partial charge in [0, 0.05) is 4.88 Å². The molecule has 0 amide bonds. The number of esters is 2. The number of carbonyl (C=O) groups is 2. The van der Waals surface area contributed by atoms with E-state index in [9.17, 15) is 14.4 Å². The van der Waals surface area contributed by atoms with Gasteiger partial charge in [0.15, 0.2) is 0 Å². The number of aromatic nitrogens is 2. The first kappa shape index (κ1) is 19.5. The molecule has 27 heavy (non-hydrogen) atoms. The molecule has 1 aliphatic carbocycles. The summed E-state index contributed by atoms with van der Waals surface area (Å²) in [5.41, 5.74) is 0.626. The molecule has 0 bridgehead atoms. The number of thiophene rings is 1. The maximum Gasteiger partial charge on any atom is 0.374 e. The largest absolute Gasteiger partial charge is 0.464 e. The van der Waals surface area contributed by atoms with E-state index in [1.54, 1.807) is 13.8 Å². The fourth-order valence-electron chi connectivity index (χ4n) is 3.47. The number of aryl methyl sites for hydroxylation is 1. The van der Waals surface area contributed by atoms with Crippen LogP contribution in [0, 0.1) is 5.92 Å². The van der Waals surface area contributed by atoms with Gasteiger partial charge in [-0.15, -0.1) is 11.3 Å². The van der Waals surface area contributed by atoms with E-state index in [-0.39, 0.29) is 24.6 Å². The number of carbonyl (C=O) groups excluding carboxylic acids is 2. The Kier molecular flexibility index (Phi) is 5.64. The number of nitrogens with zero attached hydrogens (tertiary/aromatic N) is 2. The van der Waals surface area contributed by atoms with Crippen LogP contribution in [0.1, 0.15) is 61.2 Å². The number of hydrogen-bond donors (Lipinski definition) is 0. The van der Waals surface area contributed by atoms with Crippen molar-refractivity contribution < 1.29 is 19.1 Å². The van der Waals surface area contributed by atoms with Gasteiger partial charge in [0.25, 0.3) is 5.56 Å². The van der Waals surface area contributed by atoms with E-state index in [1.807, 2.05) is 0 Å². The van der Waals surface area contributed by atoms with Gasteiger partial charge in [-0.2, -0.15) is 0 Å². The Morgan fingerprint density at radius 1 is 1.30 bits per heavy atom. The molecule has 0 unspecified atom stereocenters. The first-order chi connectivity index (χ1) is 12.9. The Hall–Kier alpha value is -2.22. The molecule has 3 rings (SSSR count). The Balaban J connectivity index is 2.25. The Labute approximate surface area is 161 Å². The highest BCUT2D eigenvalue weighted by Gasteiger charge is 2.30. The van der Waals surface area contributed by atoms with Gasteiger partial charge in [0.1, 0.15) is 10.9 Å². The van der Waals surface area contributed by atoms with Gasteiger partial charge in [0.2, 0.25) is 5.82 Å². The summed E-state index contributed by atoms with van der Waals surface area (Å²) in [5.74, 6) is -0.895. The summed E-state index contributed by atoms with van der Waals surface area (Å²) >= 11 is 1.46. The molecule has 0 saturated heterocycles. The van der Waals surface area contributed by atoms with Crippen LogP contribution in [0.2, 0.25) is 0 Å². The van der Waals surface area contributed by atoms with Crippen LogP contribution in [0.4, 0.5) is 0 Å². The smallest absolute Gasteiger partial charge is 0.374 e. The molecular formula is C19H24N2O5S. The van der Waals surface area contributed by atoms with Crippen LogP contribution in [-0.4, -0.2) is 34.7 Å². The highest BCUT2D eigenvalue weighted by atomic mass is 32.1. The molecule has 2 aromatic heterocycles. The average Bonchev–Trinajstić information content (AvgIpc) is 2.99. The van der Waals surface area contributed by atoms with Gasteiger partial charge >= 0.3 is 11.9 Å². The van der Waals surface area contributed by atoms with E-state index in [2.05, 4.69) is 11.9 Å². The van der Waals surface area contributed by atoms with E-state index >= 15 is 0 Å². The van der Waals surface area contributed by atoms with Gasteiger partial charge in [0.05, 0.1) is 18.6 Å². The first-order valence-electron chi connectivity index (χ1n) is 9.29. The van der Waals surface area contributed by atoms with Crippen molar-refractivity contribution in [1.82, 2.24) is 9.55 Å². The molecule has 0 aliphatic heterocycles. The molecule has 2 atom stereocenters. The highest BCUT2D eigenvalue weighted by molar-refractivity contribution is 7.18. The summed E-state index contributed by atoms with van der Waals surface area (Å²) in [6.45, 7) is 7.44. The number of rotatable bonds is 5. The van der Waals surface area contributed by atoms with E-state index in [0.29, 0.717) is 16.1 Å². The van der Waals surface area contributed by atoms with Crippen LogP contribution < -0.4 is 5.56 Å². The Morgan fingerprint density at radius 2 is 2.00 bits per heavy atom. The summed E-state index contributed by atoms with van der Waals surface area (Å²) in [5, 5.41) is 0.520. The second kappa shape index (κ2) is 7.80. The minimum absolute atomic E-state index is 0.151. The normalized spacial score (nSPS) is 17.4. The van der Waals surface area contributed by atoms with Crippen LogP contribution in [0.5, 0.6) is 0 Å². The van der Waals surface area contributed by atoms with Crippen molar-refractivity contribution in [2.24, 2.45) is 5.92 Å². The van der Waals surface area contributed by atoms with E-state index in [1.165, 1.54) is 18.3 Å². The molecule has 0 radical (unpaired) electrons. The molecule has 2 heterocycles. The maximum atomic E-state index is 13.3. The molecule has 2 aromatic rings. The molecule has 0 saturated carbocycles. The van der Waals surface area contributed by atoms with Crippen molar-refractivity contribution in [2.75, 3.05) is 13.2 Å². The summed E-state index contributed by atoms with van der Waals surface area (Å²) in [6, 6.07) is -0.966. The van der Waals surface area contributed by atoms with Crippen LogP contribution in [0.15, 0.2) is 4.79 Å². The zero-order valence-electron chi connectivity index (χ0n) is 16.0. The van der Waals surface area contributed by atoms with Crippen molar-refractivity contribution in [1.29, 1.82) is 0 Å². The van der Waals surface area contributed by atoms with E-state index in [4.69, 9.17) is 9.47 Å². The van der Waals surface area contributed by atoms with Gasteiger partial charge in [-0.1, -0.05) is 6.92 Å². The Bertz CT molecular complexity index is 946. The fraction of sp³-hybridized carbons (Fsp3) is 0.579. The van der Waals surface area contributed by atoms with Crippen LogP contribution in [0.25, 0.3) is 10.2 Å². The zero-order valence-corrected chi connectivity index (χ0v) is 16.9. The van der Waals surface area contributed by atoms with Gasteiger partial charge in [-0.3, -0.25) is 9.36 Å². The van der Waals surface area contributed by atoms with Crippen molar-refractivity contribution in [3.05, 3.63) is 26.6 Å². The lowest BCUT2D eigenvalue weighted by atomic mass is 9.89. The lowest BCUT2D eigenvalue weighted by molar-refractivity contribution is -0.146. The van der Waals surface area contributed by atoms with E-state index in [0.717, 1.165) is 34.3 Å². The minimum Gasteiger partial charge on any atom is -0.464 e. The summed E-state index contributed by atoms with van der Waals surface area (Å²) in [7, 11) is 0. The molecular weight excluding hydrogens is 368 g/mol. The SMILES string of the molecule is CCOC(=O)c1nc2sc3c(c2c(=O)n1[C@H](C)C(=O)OCC)CC[C@H](C)C3. The van der Waals surface area contributed by atoms with Crippen molar-refractivity contribution >= 4 is 33.5 Å². The second-order valence-corrected chi connectivity index (χ2v) is 7.87. The molecule has 7 nitrogen and oxygen atoms in total. The van der Waals surface area contributed by atoms with Crippen molar-refractivity contribution in [3.63, 3.8) is 0 Å². The monoisotopic (exact) mass is 392 g/mol. The maximum absolute atomic E-state index is 13.3. The second-order valence-electron chi connectivity index (χ2n) is 6.79.